The number of carbonyl (C=O) groups excluding carboxylic acids is 1. The Morgan fingerprint density at radius 3 is 2.50 bits per heavy atom. The molecule has 0 aromatic heterocycles. The number of nitrogens with zero attached hydrogens (tertiary/aromatic N) is 2. The van der Waals surface area contributed by atoms with Crippen molar-refractivity contribution in [3.63, 3.8) is 0 Å². The fourth-order valence-corrected chi connectivity index (χ4v) is 3.97. The van der Waals surface area contributed by atoms with Gasteiger partial charge in [-0.15, -0.1) is 0 Å². The molecule has 6 nitrogen and oxygen atoms in total. The first-order valence-corrected chi connectivity index (χ1v) is 9.52. The van der Waals surface area contributed by atoms with Crippen LogP contribution in [0.2, 0.25) is 0 Å². The van der Waals surface area contributed by atoms with E-state index in [4.69, 9.17) is 4.74 Å². The summed E-state index contributed by atoms with van der Waals surface area (Å²) in [5, 5.41) is 0. The predicted octanol–water partition coefficient (Wildman–Crippen LogP) is 1.48. The fourth-order valence-electron chi connectivity index (χ4n) is 2.48. The molecule has 8 heteroatoms. The zero-order chi connectivity index (χ0) is 17.6. The summed E-state index contributed by atoms with van der Waals surface area (Å²) >= 11 is 0. The minimum Gasteiger partial charge on any atom is -0.465 e. The van der Waals surface area contributed by atoms with Crippen molar-refractivity contribution in [2.75, 3.05) is 39.3 Å². The zero-order valence-electron chi connectivity index (χ0n) is 13.8. The van der Waals surface area contributed by atoms with Crippen molar-refractivity contribution in [2.45, 2.75) is 24.7 Å². The molecule has 1 aromatic rings. The van der Waals surface area contributed by atoms with Gasteiger partial charge in [-0.05, 0) is 18.6 Å². The lowest BCUT2D eigenvalue weighted by Crippen LogP contribution is -2.50. The van der Waals surface area contributed by atoms with Gasteiger partial charge in [-0.3, -0.25) is 9.69 Å². The second-order valence-corrected chi connectivity index (χ2v) is 7.59. The van der Waals surface area contributed by atoms with Gasteiger partial charge in [0.1, 0.15) is 10.7 Å². The van der Waals surface area contributed by atoms with Crippen molar-refractivity contribution >= 4 is 16.0 Å². The second kappa shape index (κ2) is 8.55. The maximum absolute atomic E-state index is 13.8. The number of benzene rings is 1. The molecule has 1 saturated heterocycles. The number of piperazine rings is 1. The lowest BCUT2D eigenvalue weighted by Gasteiger charge is -2.33. The molecule has 0 amide bonds. The van der Waals surface area contributed by atoms with E-state index in [0.717, 1.165) is 18.9 Å². The third kappa shape index (κ3) is 4.75. The van der Waals surface area contributed by atoms with Crippen molar-refractivity contribution in [2.24, 2.45) is 0 Å². The smallest absolute Gasteiger partial charge is 0.320 e. The molecular formula is C16H23FN2O4S. The number of rotatable bonds is 7. The van der Waals surface area contributed by atoms with Crippen LogP contribution in [0.3, 0.4) is 0 Å². The van der Waals surface area contributed by atoms with E-state index in [1.165, 1.54) is 22.5 Å². The van der Waals surface area contributed by atoms with Crippen LogP contribution in [-0.4, -0.2) is 62.9 Å². The van der Waals surface area contributed by atoms with Crippen molar-refractivity contribution in [3.8, 4) is 0 Å². The molecule has 0 atom stereocenters. The Hall–Kier alpha value is -1.51. The predicted molar refractivity (Wildman–Crippen MR) is 87.5 cm³/mol. The fraction of sp³-hybridized carbons (Fsp3) is 0.562. The lowest BCUT2D eigenvalue weighted by molar-refractivity contribution is -0.145. The molecule has 0 saturated carbocycles. The molecule has 2 rings (SSSR count). The maximum atomic E-state index is 13.8. The molecule has 1 aromatic carbocycles. The van der Waals surface area contributed by atoms with Gasteiger partial charge in [-0.2, -0.15) is 4.31 Å². The number of ether oxygens (including phenoxy) is 1. The average molecular weight is 358 g/mol. The van der Waals surface area contributed by atoms with Gasteiger partial charge in [0.05, 0.1) is 13.2 Å². The molecule has 1 aliphatic heterocycles. The summed E-state index contributed by atoms with van der Waals surface area (Å²) in [4.78, 5) is 13.2. The summed E-state index contributed by atoms with van der Waals surface area (Å²) in [6.45, 7) is 3.85. The van der Waals surface area contributed by atoms with E-state index in [0.29, 0.717) is 19.7 Å². The van der Waals surface area contributed by atoms with Crippen LogP contribution in [0.5, 0.6) is 0 Å². The molecule has 0 aliphatic carbocycles. The quantitative estimate of drug-likeness (QED) is 0.546. The summed E-state index contributed by atoms with van der Waals surface area (Å²) in [7, 11) is -3.85. The summed E-state index contributed by atoms with van der Waals surface area (Å²) < 4.78 is 45.1. The highest BCUT2D eigenvalue weighted by Gasteiger charge is 2.30. The van der Waals surface area contributed by atoms with Gasteiger partial charge in [0.15, 0.2) is 0 Å². The number of unbranched alkanes of at least 4 members (excludes halogenated alkanes) is 1. The lowest BCUT2D eigenvalue weighted by atomic mass is 10.3. The summed E-state index contributed by atoms with van der Waals surface area (Å²) in [6.07, 6.45) is 1.79. The van der Waals surface area contributed by atoms with Crippen molar-refractivity contribution in [3.05, 3.63) is 30.1 Å². The highest BCUT2D eigenvalue weighted by atomic mass is 32.2. The maximum Gasteiger partial charge on any atom is 0.320 e. The Morgan fingerprint density at radius 2 is 1.88 bits per heavy atom. The molecule has 24 heavy (non-hydrogen) atoms. The summed E-state index contributed by atoms with van der Waals surface area (Å²) in [5.74, 6) is -1.05. The van der Waals surface area contributed by atoms with Gasteiger partial charge in [-0.25, -0.2) is 12.8 Å². The molecule has 1 fully saturated rings. The van der Waals surface area contributed by atoms with Gasteiger partial charge in [0, 0.05) is 26.2 Å². The van der Waals surface area contributed by atoms with E-state index >= 15 is 0 Å². The molecular weight excluding hydrogens is 335 g/mol. The van der Waals surface area contributed by atoms with Crippen LogP contribution >= 0.6 is 0 Å². The Kier molecular flexibility index (Phi) is 6.70. The molecule has 0 radical (unpaired) electrons. The number of sulfonamides is 1. The minimum atomic E-state index is -3.85. The van der Waals surface area contributed by atoms with E-state index in [1.54, 1.807) is 0 Å². The minimum absolute atomic E-state index is 0.150. The molecule has 0 bridgehead atoms. The monoisotopic (exact) mass is 358 g/mol. The summed E-state index contributed by atoms with van der Waals surface area (Å²) in [5.41, 5.74) is 0. The van der Waals surface area contributed by atoms with E-state index in [-0.39, 0.29) is 30.5 Å². The van der Waals surface area contributed by atoms with Crippen LogP contribution in [0.1, 0.15) is 19.8 Å². The number of halogens is 1. The van der Waals surface area contributed by atoms with E-state index in [2.05, 4.69) is 0 Å². The molecule has 134 valence electrons. The first kappa shape index (κ1) is 18.8. The number of carbonyl (C=O) groups is 1. The van der Waals surface area contributed by atoms with Crippen molar-refractivity contribution in [1.29, 1.82) is 0 Å². The number of esters is 1. The topological polar surface area (TPSA) is 66.9 Å². The van der Waals surface area contributed by atoms with Gasteiger partial charge in [0.25, 0.3) is 0 Å². The third-order valence-electron chi connectivity index (χ3n) is 3.90. The van der Waals surface area contributed by atoms with Crippen LogP contribution < -0.4 is 0 Å². The van der Waals surface area contributed by atoms with E-state index in [9.17, 15) is 17.6 Å². The van der Waals surface area contributed by atoms with Gasteiger partial charge in [-0.1, -0.05) is 25.5 Å². The highest BCUT2D eigenvalue weighted by molar-refractivity contribution is 7.89. The zero-order valence-corrected chi connectivity index (χ0v) is 14.6. The van der Waals surface area contributed by atoms with Crippen molar-refractivity contribution in [1.82, 2.24) is 9.21 Å². The average Bonchev–Trinajstić information content (AvgIpc) is 2.56. The van der Waals surface area contributed by atoms with Gasteiger partial charge in [0.2, 0.25) is 10.0 Å². The normalized spacial score (nSPS) is 16.9. The van der Waals surface area contributed by atoms with Gasteiger partial charge < -0.3 is 4.74 Å². The molecule has 0 unspecified atom stereocenters. The van der Waals surface area contributed by atoms with E-state index < -0.39 is 15.8 Å². The second-order valence-electron chi connectivity index (χ2n) is 5.68. The Labute approximate surface area is 142 Å². The number of hydrogen-bond acceptors (Lipinski definition) is 5. The van der Waals surface area contributed by atoms with Crippen LogP contribution in [0.4, 0.5) is 4.39 Å². The standard InChI is InChI=1S/C16H23FN2O4S/c1-2-3-12-23-16(20)13-18-8-10-19(11-9-18)24(21,22)15-7-5-4-6-14(15)17/h4-7H,2-3,8-13H2,1H3. The summed E-state index contributed by atoms with van der Waals surface area (Å²) in [6, 6.07) is 5.35. The SMILES string of the molecule is CCCCOC(=O)CN1CCN(S(=O)(=O)c2ccccc2F)CC1. The third-order valence-corrected chi connectivity index (χ3v) is 5.83. The van der Waals surface area contributed by atoms with Crippen LogP contribution in [-0.2, 0) is 19.6 Å². The molecule has 1 aliphatic rings. The Morgan fingerprint density at radius 1 is 1.21 bits per heavy atom. The van der Waals surface area contributed by atoms with Crippen molar-refractivity contribution < 1.29 is 22.3 Å². The highest BCUT2D eigenvalue weighted by Crippen LogP contribution is 2.20. The largest absolute Gasteiger partial charge is 0.465 e. The number of hydrogen-bond donors (Lipinski definition) is 0. The van der Waals surface area contributed by atoms with Crippen LogP contribution in [0.25, 0.3) is 0 Å². The van der Waals surface area contributed by atoms with Crippen LogP contribution in [0.15, 0.2) is 29.2 Å². The molecule has 0 spiro atoms. The molecule has 1 heterocycles. The Bertz CT molecular complexity index is 658. The Balaban J connectivity index is 1.88. The van der Waals surface area contributed by atoms with E-state index in [1.807, 2.05) is 11.8 Å². The van der Waals surface area contributed by atoms with Gasteiger partial charge >= 0.3 is 5.97 Å². The molecule has 0 N–H and O–H groups in total. The van der Waals surface area contributed by atoms with Crippen LogP contribution in [0, 0.1) is 5.82 Å². The first-order chi connectivity index (χ1) is 11.4. The first-order valence-electron chi connectivity index (χ1n) is 8.08.